The molecule has 5 aliphatic rings. The Bertz CT molecular complexity index is 2030. The van der Waals surface area contributed by atoms with Crippen molar-refractivity contribution in [1.29, 1.82) is 5.26 Å². The lowest BCUT2D eigenvalue weighted by Crippen LogP contribution is -2.45. The van der Waals surface area contributed by atoms with Crippen molar-refractivity contribution >= 4 is 49.7 Å². The van der Waals surface area contributed by atoms with Gasteiger partial charge in [-0.05, 0) is 56.7 Å². The van der Waals surface area contributed by atoms with Gasteiger partial charge < -0.3 is 19.1 Å². The van der Waals surface area contributed by atoms with E-state index in [0.717, 1.165) is 43.6 Å². The molecule has 8 nitrogen and oxygen atoms in total. The summed E-state index contributed by atoms with van der Waals surface area (Å²) < 4.78 is 66.1. The highest BCUT2D eigenvalue weighted by Crippen LogP contribution is 2.51. The van der Waals surface area contributed by atoms with Gasteiger partial charge in [-0.1, -0.05) is 17.7 Å². The largest absolute Gasteiger partial charge is 0.491 e. The summed E-state index contributed by atoms with van der Waals surface area (Å²) >= 11 is 8.30. The normalized spacial score (nSPS) is 26.8. The highest BCUT2D eigenvalue weighted by atomic mass is 35.5. The number of benzene rings is 2. The second-order valence-corrected chi connectivity index (χ2v) is 15.6. The van der Waals surface area contributed by atoms with E-state index in [2.05, 4.69) is 20.9 Å². The maximum Gasteiger partial charge on any atom is 0.319 e. The molecule has 2 aromatic heterocycles. The predicted molar refractivity (Wildman–Crippen MR) is 177 cm³/mol. The van der Waals surface area contributed by atoms with Gasteiger partial charge in [-0.25, -0.2) is 13.2 Å². The van der Waals surface area contributed by atoms with Crippen LogP contribution in [0.5, 0.6) is 11.8 Å². The molecule has 0 spiro atoms. The van der Waals surface area contributed by atoms with Crippen LogP contribution in [0.15, 0.2) is 12.1 Å². The highest BCUT2D eigenvalue weighted by Gasteiger charge is 2.50. The van der Waals surface area contributed by atoms with E-state index < -0.39 is 23.3 Å². The van der Waals surface area contributed by atoms with Gasteiger partial charge >= 0.3 is 6.01 Å². The van der Waals surface area contributed by atoms with Crippen LogP contribution in [0, 0.1) is 41.7 Å². The molecule has 4 aliphatic heterocycles. The second kappa shape index (κ2) is 11.3. The molecule has 4 atom stereocenters. The molecular weight excluding hydrogens is 663 g/mol. The van der Waals surface area contributed by atoms with E-state index in [-0.39, 0.29) is 68.9 Å². The number of hydrogen-bond donors (Lipinski definition) is 0. The van der Waals surface area contributed by atoms with Gasteiger partial charge in [0.05, 0.1) is 52.1 Å². The van der Waals surface area contributed by atoms with Crippen molar-refractivity contribution in [2.45, 2.75) is 56.8 Å². The van der Waals surface area contributed by atoms with E-state index >= 15 is 8.78 Å². The van der Waals surface area contributed by atoms with Gasteiger partial charge in [0, 0.05) is 41.3 Å². The molecule has 1 aliphatic carbocycles. The number of anilines is 1. The quantitative estimate of drug-likeness (QED) is 0.210. The topological polar surface area (TPSA) is 83.7 Å². The maximum absolute atomic E-state index is 17.3. The Balaban J connectivity index is 1.28. The Morgan fingerprint density at radius 1 is 1.19 bits per heavy atom. The van der Waals surface area contributed by atoms with Crippen LogP contribution in [-0.4, -0.2) is 78.7 Å². The third kappa shape index (κ3) is 4.68. The van der Waals surface area contributed by atoms with E-state index in [1.54, 1.807) is 6.92 Å². The van der Waals surface area contributed by atoms with E-state index in [4.69, 9.17) is 30.8 Å². The average Bonchev–Trinajstić information content (AvgIpc) is 3.32. The highest BCUT2D eigenvalue weighted by molar-refractivity contribution is 7.19. The number of rotatable bonds is 6. The minimum absolute atomic E-state index is 0.00309. The van der Waals surface area contributed by atoms with Crippen molar-refractivity contribution < 1.29 is 27.4 Å². The fourth-order valence-corrected chi connectivity index (χ4v) is 9.76. The van der Waals surface area contributed by atoms with E-state index in [0.29, 0.717) is 60.1 Å². The summed E-state index contributed by atoms with van der Waals surface area (Å²) in [4.78, 5) is 14.6. The van der Waals surface area contributed by atoms with Crippen LogP contribution in [0.1, 0.15) is 42.5 Å². The smallest absolute Gasteiger partial charge is 0.319 e. The third-order valence-corrected chi connectivity index (χ3v) is 12.4. The number of aryl methyl sites for hydroxylation is 1. The first-order valence-electron chi connectivity index (χ1n) is 16.6. The van der Waals surface area contributed by atoms with Crippen LogP contribution in [0.25, 0.3) is 32.1 Å². The second-order valence-electron chi connectivity index (χ2n) is 14.0. The summed E-state index contributed by atoms with van der Waals surface area (Å²) in [5, 5.41) is 10.7. The number of hydrogen-bond acceptors (Lipinski definition) is 9. The lowest BCUT2D eigenvalue weighted by molar-refractivity contribution is 0.107. The van der Waals surface area contributed by atoms with Gasteiger partial charge in [-0.3, -0.25) is 4.90 Å². The third-order valence-electron chi connectivity index (χ3n) is 11.0. The molecule has 1 saturated carbocycles. The summed E-state index contributed by atoms with van der Waals surface area (Å²) in [5.74, 6) is -0.0769. The molecule has 3 saturated heterocycles. The van der Waals surface area contributed by atoms with Gasteiger partial charge in [-0.2, -0.15) is 15.2 Å². The van der Waals surface area contributed by atoms with Crippen molar-refractivity contribution in [2.75, 3.05) is 51.0 Å². The van der Waals surface area contributed by atoms with E-state index in [1.807, 2.05) is 0 Å². The molecule has 4 aromatic rings. The average molecular weight is 696 g/mol. The van der Waals surface area contributed by atoms with E-state index in [1.165, 1.54) is 12.1 Å². The predicted octanol–water partition coefficient (Wildman–Crippen LogP) is 7.20. The van der Waals surface area contributed by atoms with Crippen molar-refractivity contribution in [3.8, 4) is 29.0 Å². The SMILES string of the molecule is Cc1sc2c(F)ccc(-c3c(Cl)c4c5c(nc(OC[C@@]67CCCN6C[C@H](F)C7)nc5c3F)N(CC3CC3)C3COCC3CO4)c2c1C#N. The number of nitrogens with zero attached hydrogens (tertiary/aromatic N) is 5. The molecule has 2 aromatic carbocycles. The molecule has 4 fully saturated rings. The Morgan fingerprint density at radius 2 is 2.04 bits per heavy atom. The van der Waals surface area contributed by atoms with Gasteiger partial charge in [-0.15, -0.1) is 11.3 Å². The fraction of sp³-hybridized carbons (Fsp3) is 0.514. The van der Waals surface area contributed by atoms with Gasteiger partial charge in [0.15, 0.2) is 11.6 Å². The molecule has 6 heterocycles. The fourth-order valence-electron chi connectivity index (χ4n) is 8.39. The summed E-state index contributed by atoms with van der Waals surface area (Å²) in [6.07, 6.45) is 3.38. The molecule has 0 radical (unpaired) electrons. The molecule has 2 unspecified atom stereocenters. The van der Waals surface area contributed by atoms with Crippen LogP contribution in [0.4, 0.5) is 19.0 Å². The summed E-state index contributed by atoms with van der Waals surface area (Å²) in [6.45, 7) is 5.06. The molecule has 0 bridgehead atoms. The Kier molecular flexibility index (Phi) is 7.24. The zero-order valence-corrected chi connectivity index (χ0v) is 27.9. The molecule has 48 heavy (non-hydrogen) atoms. The number of fused-ring (bicyclic) bond motifs is 3. The minimum atomic E-state index is -0.929. The zero-order valence-electron chi connectivity index (χ0n) is 26.3. The zero-order chi connectivity index (χ0) is 32.9. The van der Waals surface area contributed by atoms with Crippen LogP contribution in [-0.2, 0) is 4.74 Å². The first-order valence-corrected chi connectivity index (χ1v) is 17.8. The lowest BCUT2D eigenvalue weighted by Gasteiger charge is -2.36. The summed E-state index contributed by atoms with van der Waals surface area (Å²) in [5.41, 5.74) is 0.0171. The number of nitriles is 1. The van der Waals surface area contributed by atoms with Gasteiger partial charge in [0.1, 0.15) is 36.0 Å². The van der Waals surface area contributed by atoms with Crippen molar-refractivity contribution in [3.05, 3.63) is 39.2 Å². The number of thiophene rings is 1. The molecular formula is C35H33ClF3N5O3S. The summed E-state index contributed by atoms with van der Waals surface area (Å²) in [6, 6.07) is 4.84. The van der Waals surface area contributed by atoms with Crippen molar-refractivity contribution in [3.63, 3.8) is 0 Å². The van der Waals surface area contributed by atoms with Gasteiger partial charge in [0.2, 0.25) is 0 Å². The first-order chi connectivity index (χ1) is 23.3. The monoisotopic (exact) mass is 695 g/mol. The standard InChI is InChI=1S/C35H33ClF3N5O3S/c1-17-22(10-40)25-21(5-6-23(38)32(25)48-17)26-28(36)31-27-30(29(26)39)41-34(47-16-35-7-2-8-43(35)12-20(37)9-35)42-33(27)44(11-18-3-4-18)24-15-45-13-19(24)14-46-31/h5-6,18-20,24H,2-4,7-9,11-16H2,1H3/t19?,20-,24?,35+/m1/s1. The molecule has 0 N–H and O–H groups in total. The van der Waals surface area contributed by atoms with Crippen molar-refractivity contribution in [1.82, 2.24) is 14.9 Å². The molecule has 9 rings (SSSR count). The number of halogens is 4. The minimum Gasteiger partial charge on any atom is -0.491 e. The Morgan fingerprint density at radius 3 is 2.85 bits per heavy atom. The van der Waals surface area contributed by atoms with Crippen LogP contribution >= 0.6 is 22.9 Å². The summed E-state index contributed by atoms with van der Waals surface area (Å²) in [7, 11) is 0. The number of alkyl halides is 1. The van der Waals surface area contributed by atoms with Gasteiger partial charge in [0.25, 0.3) is 0 Å². The maximum atomic E-state index is 17.3. The van der Waals surface area contributed by atoms with E-state index in [9.17, 15) is 9.65 Å². The molecule has 0 amide bonds. The molecule has 250 valence electrons. The number of aromatic nitrogens is 2. The lowest BCUT2D eigenvalue weighted by atomic mass is 9.95. The Hall–Kier alpha value is -3.37. The Labute approximate surface area is 284 Å². The molecule has 13 heteroatoms. The van der Waals surface area contributed by atoms with Crippen LogP contribution in [0.3, 0.4) is 0 Å². The van der Waals surface area contributed by atoms with Crippen molar-refractivity contribution in [2.24, 2.45) is 11.8 Å². The van der Waals surface area contributed by atoms with Crippen LogP contribution in [0.2, 0.25) is 5.02 Å². The first kappa shape index (κ1) is 30.7. The number of ether oxygens (including phenoxy) is 3. The van der Waals surface area contributed by atoms with Crippen LogP contribution < -0.4 is 14.4 Å².